The molecule has 0 aromatic carbocycles. The molecule has 1 aliphatic heterocycles. The number of nitrogens with one attached hydrogen (secondary N) is 1. The third-order valence-electron chi connectivity index (χ3n) is 3.05. The Kier molecular flexibility index (Phi) is 4.92. The fraction of sp³-hybridized carbons (Fsp3) is 0.615. The Labute approximate surface area is 108 Å². The summed E-state index contributed by atoms with van der Waals surface area (Å²) in [6.07, 6.45) is 2.12. The Morgan fingerprint density at radius 1 is 1.56 bits per heavy atom. The highest BCUT2D eigenvalue weighted by atomic mass is 16.5. The molecular formula is C13H21N3O2. The van der Waals surface area contributed by atoms with Gasteiger partial charge in [0.2, 0.25) is 5.88 Å². The number of likely N-dealkylation sites (N-methyl/N-ethyl adjacent to an activating group) is 1. The van der Waals surface area contributed by atoms with Crippen LogP contribution < -0.4 is 10.1 Å². The van der Waals surface area contributed by atoms with Gasteiger partial charge in [0, 0.05) is 38.4 Å². The fourth-order valence-corrected chi connectivity index (χ4v) is 2.00. The Bertz CT molecular complexity index is 356. The quantitative estimate of drug-likeness (QED) is 0.826. The second kappa shape index (κ2) is 6.68. The molecule has 0 amide bonds. The smallest absolute Gasteiger partial charge is 0.212 e. The molecule has 18 heavy (non-hydrogen) atoms. The predicted molar refractivity (Wildman–Crippen MR) is 69.7 cm³/mol. The molecule has 2 heterocycles. The van der Waals surface area contributed by atoms with Crippen LogP contribution in [0.3, 0.4) is 0 Å². The number of pyridine rings is 1. The van der Waals surface area contributed by atoms with Crippen molar-refractivity contribution >= 4 is 0 Å². The summed E-state index contributed by atoms with van der Waals surface area (Å²) in [5, 5.41) is 3.40. The molecule has 0 saturated carbocycles. The molecule has 1 aliphatic rings. The number of nitrogens with zero attached hydrogens (tertiary/aromatic N) is 2. The molecule has 1 saturated heterocycles. The maximum Gasteiger partial charge on any atom is 0.212 e. The van der Waals surface area contributed by atoms with E-state index in [1.165, 1.54) is 0 Å². The fourth-order valence-electron chi connectivity index (χ4n) is 2.00. The molecule has 1 aromatic heterocycles. The monoisotopic (exact) mass is 251 g/mol. The number of methoxy groups -OCH3 is 1. The van der Waals surface area contributed by atoms with Crippen molar-refractivity contribution in [3.63, 3.8) is 0 Å². The Balaban J connectivity index is 1.70. The summed E-state index contributed by atoms with van der Waals surface area (Å²) in [6, 6.07) is 3.90. The lowest BCUT2D eigenvalue weighted by molar-refractivity contribution is -0.0182. The van der Waals surface area contributed by atoms with Gasteiger partial charge in [-0.25, -0.2) is 4.98 Å². The molecule has 0 aliphatic carbocycles. The molecule has 1 atom stereocenters. The van der Waals surface area contributed by atoms with Gasteiger partial charge in [-0.1, -0.05) is 6.07 Å². The van der Waals surface area contributed by atoms with Crippen molar-refractivity contribution in [2.24, 2.45) is 0 Å². The highest BCUT2D eigenvalue weighted by Crippen LogP contribution is 2.06. The largest absolute Gasteiger partial charge is 0.481 e. The number of rotatable bonds is 5. The topological polar surface area (TPSA) is 46.6 Å². The summed E-state index contributed by atoms with van der Waals surface area (Å²) in [6.45, 7) is 4.52. The van der Waals surface area contributed by atoms with Gasteiger partial charge >= 0.3 is 0 Å². The van der Waals surface area contributed by atoms with Gasteiger partial charge in [0.15, 0.2) is 0 Å². The third kappa shape index (κ3) is 3.94. The second-order valence-electron chi connectivity index (χ2n) is 4.59. The van der Waals surface area contributed by atoms with E-state index in [1.807, 2.05) is 18.3 Å². The Morgan fingerprint density at radius 2 is 2.44 bits per heavy atom. The number of aromatic nitrogens is 1. The number of ether oxygens (including phenoxy) is 2. The molecule has 5 nitrogen and oxygen atoms in total. The van der Waals surface area contributed by atoms with Crippen LogP contribution in [0.1, 0.15) is 5.56 Å². The zero-order chi connectivity index (χ0) is 12.8. The first-order chi connectivity index (χ1) is 8.78. The van der Waals surface area contributed by atoms with E-state index in [9.17, 15) is 0 Å². The molecule has 0 radical (unpaired) electrons. The molecular weight excluding hydrogens is 230 g/mol. The average Bonchev–Trinajstić information content (AvgIpc) is 2.40. The minimum absolute atomic E-state index is 0.287. The predicted octanol–water partition coefficient (Wildman–Crippen LogP) is 0.510. The highest BCUT2D eigenvalue weighted by molar-refractivity contribution is 5.17. The van der Waals surface area contributed by atoms with Gasteiger partial charge in [0.05, 0.1) is 19.8 Å². The van der Waals surface area contributed by atoms with Gasteiger partial charge in [0.25, 0.3) is 0 Å². The van der Waals surface area contributed by atoms with Crippen LogP contribution in [0.2, 0.25) is 0 Å². The van der Waals surface area contributed by atoms with Crippen LogP contribution in [0.25, 0.3) is 0 Å². The second-order valence-corrected chi connectivity index (χ2v) is 4.59. The molecule has 5 heteroatoms. The van der Waals surface area contributed by atoms with Crippen molar-refractivity contribution in [2.75, 3.05) is 40.4 Å². The van der Waals surface area contributed by atoms with Gasteiger partial charge in [-0.3, -0.25) is 0 Å². The van der Waals surface area contributed by atoms with E-state index in [-0.39, 0.29) is 6.10 Å². The van der Waals surface area contributed by atoms with Crippen molar-refractivity contribution < 1.29 is 9.47 Å². The van der Waals surface area contributed by atoms with Gasteiger partial charge in [-0.15, -0.1) is 0 Å². The molecule has 1 aromatic rings. The van der Waals surface area contributed by atoms with E-state index in [1.54, 1.807) is 7.11 Å². The molecule has 1 N–H and O–H groups in total. The molecule has 100 valence electrons. The van der Waals surface area contributed by atoms with Crippen LogP contribution in [-0.4, -0.2) is 56.4 Å². The van der Waals surface area contributed by atoms with Crippen LogP contribution in [0.15, 0.2) is 18.3 Å². The van der Waals surface area contributed by atoms with Crippen molar-refractivity contribution in [1.29, 1.82) is 0 Å². The molecule has 1 unspecified atom stereocenters. The van der Waals surface area contributed by atoms with E-state index in [4.69, 9.17) is 9.47 Å². The number of morpholine rings is 1. The normalized spacial score (nSPS) is 20.9. The SMILES string of the molecule is COc1ccc(CNCC2CN(C)CCO2)cn1. The third-order valence-corrected chi connectivity index (χ3v) is 3.05. The minimum Gasteiger partial charge on any atom is -0.481 e. The molecule has 0 spiro atoms. The molecule has 0 bridgehead atoms. The Hall–Kier alpha value is -1.17. The summed E-state index contributed by atoms with van der Waals surface area (Å²) < 4.78 is 10.7. The van der Waals surface area contributed by atoms with Crippen LogP contribution in [0, 0.1) is 0 Å². The van der Waals surface area contributed by atoms with Crippen molar-refractivity contribution in [1.82, 2.24) is 15.2 Å². The first-order valence-electron chi connectivity index (χ1n) is 6.27. The van der Waals surface area contributed by atoms with Gasteiger partial charge < -0.3 is 19.7 Å². The molecule has 1 fully saturated rings. The maximum absolute atomic E-state index is 5.68. The lowest BCUT2D eigenvalue weighted by atomic mass is 10.2. The summed E-state index contributed by atoms with van der Waals surface area (Å²) >= 11 is 0. The highest BCUT2D eigenvalue weighted by Gasteiger charge is 2.16. The van der Waals surface area contributed by atoms with E-state index in [0.717, 1.165) is 38.3 Å². The van der Waals surface area contributed by atoms with Crippen molar-refractivity contribution in [3.05, 3.63) is 23.9 Å². The van der Waals surface area contributed by atoms with Gasteiger partial charge in [0.1, 0.15) is 0 Å². The van der Waals surface area contributed by atoms with E-state index in [2.05, 4.69) is 22.2 Å². The summed E-state index contributed by atoms with van der Waals surface area (Å²) in [7, 11) is 3.75. The van der Waals surface area contributed by atoms with E-state index >= 15 is 0 Å². The lowest BCUT2D eigenvalue weighted by Gasteiger charge is -2.30. The standard InChI is InChI=1S/C13H21N3O2/c1-16-5-6-18-12(10-16)9-14-7-11-3-4-13(17-2)15-8-11/h3-4,8,12,14H,5-7,9-10H2,1-2H3. The summed E-state index contributed by atoms with van der Waals surface area (Å²) in [5.41, 5.74) is 1.15. The zero-order valence-corrected chi connectivity index (χ0v) is 11.1. The zero-order valence-electron chi connectivity index (χ0n) is 11.1. The lowest BCUT2D eigenvalue weighted by Crippen LogP contribution is -2.44. The van der Waals surface area contributed by atoms with E-state index in [0.29, 0.717) is 5.88 Å². The van der Waals surface area contributed by atoms with Crippen LogP contribution in [0.5, 0.6) is 5.88 Å². The first kappa shape index (κ1) is 13.3. The van der Waals surface area contributed by atoms with Crippen LogP contribution in [0.4, 0.5) is 0 Å². The van der Waals surface area contributed by atoms with Crippen molar-refractivity contribution in [3.8, 4) is 5.88 Å². The maximum atomic E-state index is 5.68. The average molecular weight is 251 g/mol. The minimum atomic E-state index is 0.287. The number of hydrogen-bond donors (Lipinski definition) is 1. The summed E-state index contributed by atoms with van der Waals surface area (Å²) in [4.78, 5) is 6.47. The van der Waals surface area contributed by atoms with Crippen molar-refractivity contribution in [2.45, 2.75) is 12.6 Å². The van der Waals surface area contributed by atoms with Gasteiger partial charge in [-0.05, 0) is 12.6 Å². The van der Waals surface area contributed by atoms with Crippen LogP contribution in [-0.2, 0) is 11.3 Å². The first-order valence-corrected chi connectivity index (χ1v) is 6.27. The molecule has 2 rings (SSSR count). The van der Waals surface area contributed by atoms with E-state index < -0.39 is 0 Å². The summed E-state index contributed by atoms with van der Waals surface area (Å²) in [5.74, 6) is 0.649. The Morgan fingerprint density at radius 3 is 3.11 bits per heavy atom. The van der Waals surface area contributed by atoms with Crippen LogP contribution >= 0.6 is 0 Å². The van der Waals surface area contributed by atoms with Gasteiger partial charge in [-0.2, -0.15) is 0 Å². The number of hydrogen-bond acceptors (Lipinski definition) is 5.